The van der Waals surface area contributed by atoms with Crippen LogP contribution in [0.4, 0.5) is 17.5 Å². The summed E-state index contributed by atoms with van der Waals surface area (Å²) in [4.78, 5) is 25.4. The first kappa shape index (κ1) is 15.0. The van der Waals surface area contributed by atoms with Crippen molar-refractivity contribution in [3.8, 4) is 0 Å². The van der Waals surface area contributed by atoms with Gasteiger partial charge in [-0.05, 0) is 19.3 Å². The normalized spacial score (nSPS) is 21.2. The van der Waals surface area contributed by atoms with Gasteiger partial charge in [0.15, 0.2) is 5.82 Å². The summed E-state index contributed by atoms with van der Waals surface area (Å²) >= 11 is 0. The molecule has 2 aliphatic rings. The van der Waals surface area contributed by atoms with Crippen LogP contribution < -0.4 is 15.1 Å². The largest absolute Gasteiger partial charge is 0.381 e. The Hall–Kier alpha value is -1.89. The Morgan fingerprint density at radius 3 is 2.82 bits per heavy atom. The third-order valence-electron chi connectivity index (χ3n) is 4.13. The van der Waals surface area contributed by atoms with Gasteiger partial charge in [-0.1, -0.05) is 0 Å². The first-order valence-electron chi connectivity index (χ1n) is 7.83. The Morgan fingerprint density at radius 2 is 2.18 bits per heavy atom. The molecule has 2 fully saturated rings. The molecule has 7 nitrogen and oxygen atoms in total. The molecule has 1 aromatic rings. The minimum absolute atomic E-state index is 0.0156. The summed E-state index contributed by atoms with van der Waals surface area (Å²) in [5, 5.41) is 2.95. The molecule has 0 saturated carbocycles. The molecular formula is C15H23N5O2. The van der Waals surface area contributed by atoms with Crippen molar-refractivity contribution in [2.45, 2.75) is 19.3 Å². The van der Waals surface area contributed by atoms with E-state index in [1.165, 1.54) is 12.8 Å². The van der Waals surface area contributed by atoms with Crippen LogP contribution >= 0.6 is 0 Å². The highest BCUT2D eigenvalue weighted by molar-refractivity contribution is 5.95. The fraction of sp³-hybridized carbons (Fsp3) is 0.667. The van der Waals surface area contributed by atoms with E-state index < -0.39 is 0 Å². The van der Waals surface area contributed by atoms with Gasteiger partial charge in [0, 0.05) is 33.8 Å². The molecule has 1 N–H and O–H groups in total. The van der Waals surface area contributed by atoms with E-state index in [1.807, 2.05) is 19.0 Å². The molecule has 0 aliphatic carbocycles. The van der Waals surface area contributed by atoms with Crippen molar-refractivity contribution in [2.24, 2.45) is 5.92 Å². The molecule has 1 amide bonds. The van der Waals surface area contributed by atoms with Gasteiger partial charge in [-0.2, -0.15) is 4.98 Å². The molecule has 3 rings (SSSR count). The molecule has 0 radical (unpaired) electrons. The number of ether oxygens (including phenoxy) is 1. The Bertz CT molecular complexity index is 537. The number of hydrogen-bond donors (Lipinski definition) is 1. The van der Waals surface area contributed by atoms with Crippen molar-refractivity contribution in [1.29, 1.82) is 0 Å². The number of anilines is 3. The second-order valence-electron chi connectivity index (χ2n) is 6.05. The van der Waals surface area contributed by atoms with Crippen molar-refractivity contribution in [3.05, 3.63) is 6.20 Å². The highest BCUT2D eigenvalue weighted by Crippen LogP contribution is 2.26. The topological polar surface area (TPSA) is 70.6 Å². The molecule has 3 heterocycles. The predicted molar refractivity (Wildman–Crippen MR) is 85.4 cm³/mol. The van der Waals surface area contributed by atoms with E-state index in [4.69, 9.17) is 4.74 Å². The van der Waals surface area contributed by atoms with Crippen LogP contribution in [0.5, 0.6) is 0 Å². The number of nitrogens with zero attached hydrogens (tertiary/aromatic N) is 4. The Labute approximate surface area is 130 Å². The van der Waals surface area contributed by atoms with Crippen molar-refractivity contribution < 1.29 is 9.53 Å². The number of hydrogen-bond acceptors (Lipinski definition) is 6. The average molecular weight is 305 g/mol. The number of carbonyl (C=O) groups is 1. The molecule has 2 aliphatic heterocycles. The summed E-state index contributed by atoms with van der Waals surface area (Å²) in [6, 6.07) is 0. The number of carbonyl (C=O) groups excluding carboxylic acids is 1. The Balaban J connectivity index is 1.78. The van der Waals surface area contributed by atoms with E-state index in [-0.39, 0.29) is 11.8 Å². The van der Waals surface area contributed by atoms with Crippen molar-refractivity contribution in [3.63, 3.8) is 0 Å². The standard InChI is InChI=1S/C15H23N5O2/c1-19(2)13-12(17-14(21)11-5-8-22-10-11)9-16-15(18-13)20-6-3-4-7-20/h9,11H,3-8,10H2,1-2H3,(H,17,21). The summed E-state index contributed by atoms with van der Waals surface area (Å²) in [5.74, 6) is 1.39. The lowest BCUT2D eigenvalue weighted by molar-refractivity contribution is -0.119. The molecule has 1 aromatic heterocycles. The fourth-order valence-electron chi connectivity index (χ4n) is 2.84. The summed E-state index contributed by atoms with van der Waals surface area (Å²) in [6.07, 6.45) is 4.85. The highest BCUT2D eigenvalue weighted by atomic mass is 16.5. The van der Waals surface area contributed by atoms with E-state index in [1.54, 1.807) is 6.20 Å². The van der Waals surface area contributed by atoms with Crippen LogP contribution in [0.2, 0.25) is 0 Å². The maximum absolute atomic E-state index is 12.3. The lowest BCUT2D eigenvalue weighted by atomic mass is 10.1. The first-order valence-corrected chi connectivity index (χ1v) is 7.83. The van der Waals surface area contributed by atoms with E-state index >= 15 is 0 Å². The van der Waals surface area contributed by atoms with Crippen LogP contribution in [0.1, 0.15) is 19.3 Å². The quantitative estimate of drug-likeness (QED) is 0.899. The Morgan fingerprint density at radius 1 is 1.41 bits per heavy atom. The van der Waals surface area contributed by atoms with Crippen LogP contribution in [-0.4, -0.2) is 56.3 Å². The smallest absolute Gasteiger partial charge is 0.230 e. The van der Waals surface area contributed by atoms with Gasteiger partial charge in [-0.25, -0.2) is 4.98 Å². The molecule has 7 heteroatoms. The third kappa shape index (κ3) is 3.14. The molecule has 120 valence electrons. The lowest BCUT2D eigenvalue weighted by Crippen LogP contribution is -2.26. The predicted octanol–water partition coefficient (Wildman–Crippen LogP) is 1.12. The zero-order chi connectivity index (χ0) is 15.5. The van der Waals surface area contributed by atoms with E-state index in [9.17, 15) is 4.79 Å². The monoisotopic (exact) mass is 305 g/mol. The Kier molecular flexibility index (Phi) is 4.42. The van der Waals surface area contributed by atoms with Crippen LogP contribution in [-0.2, 0) is 9.53 Å². The van der Waals surface area contributed by atoms with E-state index in [2.05, 4.69) is 20.2 Å². The maximum atomic E-state index is 12.3. The van der Waals surface area contributed by atoms with Crippen LogP contribution in [0, 0.1) is 5.92 Å². The van der Waals surface area contributed by atoms with Crippen LogP contribution in [0.25, 0.3) is 0 Å². The molecule has 1 atom stereocenters. The third-order valence-corrected chi connectivity index (χ3v) is 4.13. The fourth-order valence-corrected chi connectivity index (χ4v) is 2.84. The minimum atomic E-state index is -0.0757. The second kappa shape index (κ2) is 6.48. The molecule has 2 saturated heterocycles. The van der Waals surface area contributed by atoms with Crippen LogP contribution in [0.15, 0.2) is 6.20 Å². The van der Waals surface area contributed by atoms with Gasteiger partial charge >= 0.3 is 0 Å². The van der Waals surface area contributed by atoms with E-state index in [0.717, 1.165) is 31.3 Å². The van der Waals surface area contributed by atoms with Crippen molar-refractivity contribution >= 4 is 23.4 Å². The minimum Gasteiger partial charge on any atom is -0.381 e. The van der Waals surface area contributed by atoms with Gasteiger partial charge < -0.3 is 19.9 Å². The van der Waals surface area contributed by atoms with Gasteiger partial charge in [0.2, 0.25) is 11.9 Å². The molecule has 0 bridgehead atoms. The lowest BCUT2D eigenvalue weighted by Gasteiger charge is -2.21. The first-order chi connectivity index (χ1) is 10.6. The van der Waals surface area contributed by atoms with Crippen molar-refractivity contribution in [1.82, 2.24) is 9.97 Å². The van der Waals surface area contributed by atoms with Crippen LogP contribution in [0.3, 0.4) is 0 Å². The number of nitrogens with one attached hydrogen (secondary N) is 1. The van der Waals surface area contributed by atoms with E-state index in [0.29, 0.717) is 18.9 Å². The molecular weight excluding hydrogens is 282 g/mol. The molecule has 0 aromatic carbocycles. The summed E-state index contributed by atoms with van der Waals surface area (Å²) in [5.41, 5.74) is 0.657. The summed E-state index contributed by atoms with van der Waals surface area (Å²) in [7, 11) is 3.84. The number of aromatic nitrogens is 2. The second-order valence-corrected chi connectivity index (χ2v) is 6.05. The van der Waals surface area contributed by atoms with Crippen molar-refractivity contribution in [2.75, 3.05) is 55.5 Å². The SMILES string of the molecule is CN(C)c1nc(N2CCCC2)ncc1NC(=O)C1CCOC1. The average Bonchev–Trinajstić information content (AvgIpc) is 3.21. The zero-order valence-corrected chi connectivity index (χ0v) is 13.2. The van der Waals surface area contributed by atoms with Gasteiger partial charge in [-0.15, -0.1) is 0 Å². The summed E-state index contributed by atoms with van der Waals surface area (Å²) in [6.45, 7) is 3.15. The maximum Gasteiger partial charge on any atom is 0.230 e. The highest BCUT2D eigenvalue weighted by Gasteiger charge is 2.25. The summed E-state index contributed by atoms with van der Waals surface area (Å²) < 4.78 is 5.27. The molecule has 0 spiro atoms. The zero-order valence-electron chi connectivity index (χ0n) is 13.2. The number of amides is 1. The van der Waals surface area contributed by atoms with Gasteiger partial charge in [-0.3, -0.25) is 4.79 Å². The van der Waals surface area contributed by atoms with Gasteiger partial charge in [0.05, 0.1) is 18.7 Å². The number of rotatable bonds is 4. The van der Waals surface area contributed by atoms with Gasteiger partial charge in [0.1, 0.15) is 5.69 Å². The van der Waals surface area contributed by atoms with Gasteiger partial charge in [0.25, 0.3) is 0 Å². The molecule has 22 heavy (non-hydrogen) atoms. The molecule has 1 unspecified atom stereocenters.